The van der Waals surface area contributed by atoms with Crippen LogP contribution in [0.5, 0.6) is 0 Å². The first-order valence-electron chi connectivity index (χ1n) is 2.59. The summed E-state index contributed by atoms with van der Waals surface area (Å²) in [5.74, 6) is -2.01. The molecule has 1 amide bonds. The SMILES string of the molecule is [CH2]CNC(=O)C(=C)C(=O)O. The maximum atomic E-state index is 10.6. The number of carboxylic acid groups (broad SMARTS) is 1. The first-order chi connectivity index (χ1) is 4.59. The van der Waals surface area contributed by atoms with Gasteiger partial charge in [0.05, 0.1) is 0 Å². The van der Waals surface area contributed by atoms with Crippen LogP contribution in [0.3, 0.4) is 0 Å². The fraction of sp³-hybridized carbons (Fsp3) is 0.167. The van der Waals surface area contributed by atoms with E-state index in [1.54, 1.807) is 0 Å². The second kappa shape index (κ2) is 3.66. The minimum atomic E-state index is -1.31. The molecule has 55 valence electrons. The Morgan fingerprint density at radius 1 is 1.50 bits per heavy atom. The van der Waals surface area contributed by atoms with Crippen LogP contribution >= 0.6 is 0 Å². The minimum Gasteiger partial charge on any atom is -0.478 e. The highest BCUT2D eigenvalue weighted by Crippen LogP contribution is 1.87. The average Bonchev–Trinajstić information content (AvgIpc) is 1.87. The Kier molecular flexibility index (Phi) is 3.17. The molecule has 0 saturated heterocycles. The lowest BCUT2D eigenvalue weighted by molar-refractivity contribution is -0.134. The lowest BCUT2D eigenvalue weighted by Gasteiger charge is -1.98. The molecular formula is C6H8NO3. The second-order valence-corrected chi connectivity index (χ2v) is 1.54. The zero-order valence-electron chi connectivity index (χ0n) is 5.39. The summed E-state index contributed by atoms with van der Waals surface area (Å²) in [7, 11) is 0. The van der Waals surface area contributed by atoms with Gasteiger partial charge in [0.1, 0.15) is 5.57 Å². The van der Waals surface area contributed by atoms with Crippen molar-refractivity contribution in [1.29, 1.82) is 0 Å². The van der Waals surface area contributed by atoms with E-state index in [-0.39, 0.29) is 6.54 Å². The van der Waals surface area contributed by atoms with Crippen LogP contribution in [0.4, 0.5) is 0 Å². The standard InChI is InChI=1S/C6H8NO3/c1-3-7-5(8)4(2)6(9)10/h1-3H2,(H,7,8)(H,9,10). The van der Waals surface area contributed by atoms with E-state index < -0.39 is 17.4 Å². The second-order valence-electron chi connectivity index (χ2n) is 1.54. The van der Waals surface area contributed by atoms with Crippen molar-refractivity contribution in [1.82, 2.24) is 5.32 Å². The van der Waals surface area contributed by atoms with Crippen molar-refractivity contribution in [2.24, 2.45) is 0 Å². The molecule has 2 N–H and O–H groups in total. The third-order valence-electron chi connectivity index (χ3n) is 0.818. The number of carbonyl (C=O) groups is 2. The number of aliphatic carboxylic acids is 1. The van der Waals surface area contributed by atoms with Gasteiger partial charge >= 0.3 is 5.97 Å². The molecule has 4 nitrogen and oxygen atoms in total. The number of rotatable bonds is 3. The topological polar surface area (TPSA) is 66.4 Å². The van der Waals surface area contributed by atoms with Crippen LogP contribution in [0.1, 0.15) is 0 Å². The highest BCUT2D eigenvalue weighted by molar-refractivity contribution is 6.14. The predicted octanol–water partition coefficient (Wildman–Crippen LogP) is -0.423. The van der Waals surface area contributed by atoms with Crippen molar-refractivity contribution in [3.8, 4) is 0 Å². The van der Waals surface area contributed by atoms with Gasteiger partial charge in [-0.1, -0.05) is 6.58 Å². The van der Waals surface area contributed by atoms with Gasteiger partial charge in [0.2, 0.25) is 0 Å². The lowest BCUT2D eigenvalue weighted by Crippen LogP contribution is -2.27. The van der Waals surface area contributed by atoms with E-state index in [4.69, 9.17) is 5.11 Å². The first kappa shape index (κ1) is 8.68. The molecule has 1 radical (unpaired) electrons. The maximum Gasteiger partial charge on any atom is 0.340 e. The Morgan fingerprint density at radius 3 is 2.30 bits per heavy atom. The van der Waals surface area contributed by atoms with Crippen molar-refractivity contribution < 1.29 is 14.7 Å². The molecule has 0 aromatic rings. The average molecular weight is 142 g/mol. The Labute approximate surface area is 58.5 Å². The van der Waals surface area contributed by atoms with Crippen LogP contribution in [-0.4, -0.2) is 23.5 Å². The quantitative estimate of drug-likeness (QED) is 0.319. The van der Waals surface area contributed by atoms with Crippen LogP contribution in [0, 0.1) is 6.92 Å². The predicted molar refractivity (Wildman–Crippen MR) is 35.1 cm³/mol. The highest BCUT2D eigenvalue weighted by atomic mass is 16.4. The van der Waals surface area contributed by atoms with Gasteiger partial charge in [0.15, 0.2) is 0 Å². The van der Waals surface area contributed by atoms with Crippen molar-refractivity contribution in [3.63, 3.8) is 0 Å². The fourth-order valence-electron chi connectivity index (χ4n) is 0.317. The van der Waals surface area contributed by atoms with Crippen LogP contribution in [0.25, 0.3) is 0 Å². The largest absolute Gasteiger partial charge is 0.478 e. The van der Waals surface area contributed by atoms with Gasteiger partial charge in [-0.2, -0.15) is 0 Å². The van der Waals surface area contributed by atoms with Gasteiger partial charge < -0.3 is 10.4 Å². The summed E-state index contributed by atoms with van der Waals surface area (Å²) >= 11 is 0. The Bertz CT molecular complexity index is 174. The molecule has 0 bridgehead atoms. The fourth-order valence-corrected chi connectivity index (χ4v) is 0.317. The number of hydrogen-bond acceptors (Lipinski definition) is 2. The monoisotopic (exact) mass is 142 g/mol. The molecule has 0 atom stereocenters. The molecule has 0 aliphatic carbocycles. The van der Waals surface area contributed by atoms with E-state index in [1.807, 2.05) is 0 Å². The number of hydrogen-bond donors (Lipinski definition) is 2. The van der Waals surface area contributed by atoms with Crippen molar-refractivity contribution in [2.45, 2.75) is 0 Å². The molecule has 0 spiro atoms. The third-order valence-corrected chi connectivity index (χ3v) is 0.818. The van der Waals surface area contributed by atoms with Gasteiger partial charge in [-0.25, -0.2) is 4.79 Å². The lowest BCUT2D eigenvalue weighted by atomic mass is 10.3. The van der Waals surface area contributed by atoms with E-state index in [0.717, 1.165) is 0 Å². The van der Waals surface area contributed by atoms with E-state index in [9.17, 15) is 9.59 Å². The van der Waals surface area contributed by atoms with Gasteiger partial charge in [0, 0.05) is 6.54 Å². The molecule has 4 heteroatoms. The summed E-state index contributed by atoms with van der Waals surface area (Å²) in [6.07, 6.45) is 0. The molecule has 10 heavy (non-hydrogen) atoms. The molecule has 0 heterocycles. The highest BCUT2D eigenvalue weighted by Gasteiger charge is 2.11. The number of carboxylic acids is 1. The Hall–Kier alpha value is -1.32. The Morgan fingerprint density at radius 2 is 2.00 bits per heavy atom. The summed E-state index contributed by atoms with van der Waals surface area (Å²) in [5.41, 5.74) is -0.469. The minimum absolute atomic E-state index is 0.158. The molecule has 0 saturated carbocycles. The molecular weight excluding hydrogens is 134 g/mol. The van der Waals surface area contributed by atoms with Gasteiger partial charge in [-0.15, -0.1) is 0 Å². The van der Waals surface area contributed by atoms with Crippen LogP contribution in [-0.2, 0) is 9.59 Å². The third kappa shape index (κ3) is 2.30. The summed E-state index contributed by atoms with van der Waals surface area (Å²) in [6.45, 7) is 6.49. The van der Waals surface area contributed by atoms with Crippen molar-refractivity contribution in [2.75, 3.05) is 6.54 Å². The van der Waals surface area contributed by atoms with Crippen LogP contribution in [0.15, 0.2) is 12.2 Å². The summed E-state index contributed by atoms with van der Waals surface area (Å²) in [5, 5.41) is 10.4. The van der Waals surface area contributed by atoms with Gasteiger partial charge in [0.25, 0.3) is 5.91 Å². The van der Waals surface area contributed by atoms with Crippen LogP contribution in [0.2, 0.25) is 0 Å². The smallest absolute Gasteiger partial charge is 0.340 e. The van der Waals surface area contributed by atoms with Gasteiger partial charge in [-0.3, -0.25) is 4.79 Å². The molecule has 0 aromatic heterocycles. The number of amides is 1. The molecule has 0 rings (SSSR count). The molecule has 0 aliphatic heterocycles. The number of carbonyl (C=O) groups excluding carboxylic acids is 1. The molecule has 0 aliphatic rings. The summed E-state index contributed by atoms with van der Waals surface area (Å²) in [6, 6.07) is 0. The summed E-state index contributed by atoms with van der Waals surface area (Å²) in [4.78, 5) is 20.6. The number of nitrogens with one attached hydrogen (secondary N) is 1. The van der Waals surface area contributed by atoms with Gasteiger partial charge in [-0.05, 0) is 6.92 Å². The molecule has 0 fully saturated rings. The molecule has 0 unspecified atom stereocenters. The maximum absolute atomic E-state index is 10.6. The zero-order valence-corrected chi connectivity index (χ0v) is 5.39. The van der Waals surface area contributed by atoms with E-state index in [2.05, 4.69) is 18.8 Å². The first-order valence-corrected chi connectivity index (χ1v) is 2.59. The molecule has 0 aromatic carbocycles. The van der Waals surface area contributed by atoms with E-state index >= 15 is 0 Å². The van der Waals surface area contributed by atoms with Crippen LogP contribution < -0.4 is 5.32 Å². The Balaban J connectivity index is 3.96. The van der Waals surface area contributed by atoms with Crippen molar-refractivity contribution in [3.05, 3.63) is 19.1 Å². The zero-order chi connectivity index (χ0) is 8.15. The van der Waals surface area contributed by atoms with E-state index in [1.165, 1.54) is 0 Å². The normalized spacial score (nSPS) is 8.50. The summed E-state index contributed by atoms with van der Waals surface area (Å²) < 4.78 is 0. The van der Waals surface area contributed by atoms with E-state index in [0.29, 0.717) is 0 Å². The van der Waals surface area contributed by atoms with Crippen molar-refractivity contribution >= 4 is 11.9 Å².